The van der Waals surface area contributed by atoms with Crippen molar-refractivity contribution in [2.24, 2.45) is 0 Å². The highest BCUT2D eigenvalue weighted by Gasteiger charge is 2.36. The second-order valence-electron chi connectivity index (χ2n) is 5.83. The fourth-order valence-corrected chi connectivity index (χ4v) is 3.22. The fourth-order valence-electron chi connectivity index (χ4n) is 3.22. The van der Waals surface area contributed by atoms with Crippen LogP contribution >= 0.6 is 0 Å². The number of hydrogen-bond acceptors (Lipinski definition) is 3. The Hall–Kier alpha value is -2.00. The molecule has 3 atom stereocenters. The first kappa shape index (κ1) is 12.7. The Balaban J connectivity index is 1.60. The molecule has 4 rings (SSSR count). The highest BCUT2D eigenvalue weighted by atomic mass is 16.5. The van der Waals surface area contributed by atoms with Crippen molar-refractivity contribution in [1.29, 1.82) is 0 Å². The van der Waals surface area contributed by atoms with Gasteiger partial charge in [-0.15, -0.1) is 0 Å². The molecule has 1 fully saturated rings. The monoisotopic (exact) mass is 281 g/mol. The number of nitrogens with one attached hydrogen (secondary N) is 1. The summed E-state index contributed by atoms with van der Waals surface area (Å²) in [7, 11) is 0. The zero-order chi connectivity index (χ0) is 14.2. The van der Waals surface area contributed by atoms with Gasteiger partial charge in [0.05, 0.1) is 12.4 Å². The lowest BCUT2D eigenvalue weighted by molar-refractivity contribution is -0.0344. The van der Waals surface area contributed by atoms with E-state index in [1.165, 1.54) is 22.3 Å². The minimum atomic E-state index is -0.0587. The normalized spacial score (nSPS) is 30.2. The Morgan fingerprint density at radius 2 is 1.86 bits per heavy atom. The van der Waals surface area contributed by atoms with E-state index in [0.29, 0.717) is 0 Å². The Bertz CT molecular complexity index is 627. The summed E-state index contributed by atoms with van der Waals surface area (Å²) < 4.78 is 11.9. The Labute approximate surface area is 125 Å². The molecule has 3 heteroatoms. The van der Waals surface area contributed by atoms with E-state index in [2.05, 4.69) is 48.8 Å². The molecule has 3 unspecified atom stereocenters. The third-order valence-electron chi connectivity index (χ3n) is 4.39. The molecule has 2 heterocycles. The topological polar surface area (TPSA) is 30.5 Å². The van der Waals surface area contributed by atoms with Gasteiger partial charge in [0.2, 0.25) is 0 Å². The second-order valence-corrected chi connectivity index (χ2v) is 5.83. The maximum Gasteiger partial charge on any atom is 0.154 e. The minimum Gasteiger partial charge on any atom is -0.493 e. The van der Waals surface area contributed by atoms with Crippen LogP contribution in [0, 0.1) is 6.92 Å². The molecule has 0 radical (unpaired) electrons. The molecule has 3 aliphatic rings. The standard InChI is InChI=1S/C18H19NO2/c1-12-4-6-13(7-5-12)18-19-11-15-14-3-2-10-20-16(14)8-9-17(15)21-18/h2-7,10-11,16-19H,8-9H2,1H3. The summed E-state index contributed by atoms with van der Waals surface area (Å²) in [6.07, 6.45) is 10.3. The minimum absolute atomic E-state index is 0.0587. The van der Waals surface area contributed by atoms with Crippen LogP contribution in [0.15, 0.2) is 60.0 Å². The molecule has 0 aromatic heterocycles. The van der Waals surface area contributed by atoms with Gasteiger partial charge >= 0.3 is 0 Å². The van der Waals surface area contributed by atoms with Crippen LogP contribution in [0.3, 0.4) is 0 Å². The number of hydrogen-bond donors (Lipinski definition) is 1. The predicted molar refractivity (Wildman–Crippen MR) is 81.3 cm³/mol. The van der Waals surface area contributed by atoms with E-state index in [0.717, 1.165) is 12.8 Å². The summed E-state index contributed by atoms with van der Waals surface area (Å²) in [6.45, 7) is 2.10. The second kappa shape index (κ2) is 5.08. The number of allylic oxidation sites excluding steroid dienone is 2. The van der Waals surface area contributed by atoms with Gasteiger partial charge in [-0.25, -0.2) is 0 Å². The van der Waals surface area contributed by atoms with Gasteiger partial charge in [0.15, 0.2) is 6.23 Å². The average Bonchev–Trinajstić information content (AvgIpc) is 2.55. The number of fused-ring (bicyclic) bond motifs is 3. The van der Waals surface area contributed by atoms with Crippen LogP contribution in [-0.2, 0) is 9.47 Å². The smallest absolute Gasteiger partial charge is 0.154 e. The van der Waals surface area contributed by atoms with Crippen LogP contribution in [0.25, 0.3) is 0 Å². The SMILES string of the molecule is Cc1ccc(C2NC=C3C4=CC=COC4CCC3O2)cc1. The van der Waals surface area contributed by atoms with Crippen molar-refractivity contribution in [3.8, 4) is 0 Å². The number of ether oxygens (including phenoxy) is 2. The van der Waals surface area contributed by atoms with E-state index in [1.54, 1.807) is 6.26 Å². The van der Waals surface area contributed by atoms with Crippen molar-refractivity contribution in [3.05, 3.63) is 71.2 Å². The maximum atomic E-state index is 6.27. The molecule has 0 saturated heterocycles. The zero-order valence-corrected chi connectivity index (χ0v) is 12.1. The third-order valence-corrected chi connectivity index (χ3v) is 4.39. The Kier molecular flexibility index (Phi) is 3.08. The third kappa shape index (κ3) is 2.28. The first-order valence-corrected chi connectivity index (χ1v) is 7.52. The van der Waals surface area contributed by atoms with Crippen LogP contribution in [-0.4, -0.2) is 12.2 Å². The zero-order valence-electron chi connectivity index (χ0n) is 12.1. The maximum absolute atomic E-state index is 6.27. The number of rotatable bonds is 1. The van der Waals surface area contributed by atoms with Crippen molar-refractivity contribution in [2.75, 3.05) is 0 Å². The Morgan fingerprint density at radius 3 is 2.71 bits per heavy atom. The predicted octanol–water partition coefficient (Wildman–Crippen LogP) is 3.50. The number of benzene rings is 1. The van der Waals surface area contributed by atoms with Crippen LogP contribution in [0.1, 0.15) is 30.2 Å². The molecule has 0 spiro atoms. The summed E-state index contributed by atoms with van der Waals surface area (Å²) in [4.78, 5) is 0. The summed E-state index contributed by atoms with van der Waals surface area (Å²) >= 11 is 0. The van der Waals surface area contributed by atoms with Crippen molar-refractivity contribution >= 4 is 0 Å². The molecule has 108 valence electrons. The van der Waals surface area contributed by atoms with Crippen molar-refractivity contribution in [1.82, 2.24) is 5.32 Å². The lowest BCUT2D eigenvalue weighted by Crippen LogP contribution is -2.39. The van der Waals surface area contributed by atoms with Crippen molar-refractivity contribution in [2.45, 2.75) is 38.2 Å². The van der Waals surface area contributed by atoms with Crippen LogP contribution in [0.4, 0.5) is 0 Å². The molecule has 3 nitrogen and oxygen atoms in total. The quantitative estimate of drug-likeness (QED) is 0.854. The van der Waals surface area contributed by atoms with E-state index < -0.39 is 0 Å². The highest BCUT2D eigenvalue weighted by Crippen LogP contribution is 2.38. The summed E-state index contributed by atoms with van der Waals surface area (Å²) in [5, 5.41) is 3.38. The van der Waals surface area contributed by atoms with Crippen molar-refractivity contribution in [3.63, 3.8) is 0 Å². The van der Waals surface area contributed by atoms with E-state index >= 15 is 0 Å². The first-order chi connectivity index (χ1) is 10.3. The van der Waals surface area contributed by atoms with Gasteiger partial charge in [-0.1, -0.05) is 35.9 Å². The van der Waals surface area contributed by atoms with Gasteiger partial charge in [0.1, 0.15) is 6.10 Å². The molecule has 21 heavy (non-hydrogen) atoms. The van der Waals surface area contributed by atoms with Gasteiger partial charge in [-0.2, -0.15) is 0 Å². The summed E-state index contributed by atoms with van der Waals surface area (Å²) in [5.41, 5.74) is 4.93. The first-order valence-electron chi connectivity index (χ1n) is 7.52. The van der Waals surface area contributed by atoms with Crippen LogP contribution in [0.5, 0.6) is 0 Å². The molecule has 2 aliphatic heterocycles. The lowest BCUT2D eigenvalue weighted by Gasteiger charge is -2.39. The fraction of sp³-hybridized carbons (Fsp3) is 0.333. The number of aryl methyl sites for hydroxylation is 1. The van der Waals surface area contributed by atoms with Gasteiger partial charge in [0, 0.05) is 17.3 Å². The molecule has 1 saturated carbocycles. The lowest BCUT2D eigenvalue weighted by atomic mass is 9.83. The largest absolute Gasteiger partial charge is 0.493 e. The van der Waals surface area contributed by atoms with E-state index in [4.69, 9.17) is 9.47 Å². The molecule has 1 aromatic carbocycles. The Morgan fingerprint density at radius 1 is 1.05 bits per heavy atom. The molecule has 0 amide bonds. The van der Waals surface area contributed by atoms with Gasteiger partial charge in [-0.3, -0.25) is 0 Å². The molecule has 1 aliphatic carbocycles. The molecular formula is C18H19NO2. The average molecular weight is 281 g/mol. The van der Waals surface area contributed by atoms with Gasteiger partial charge in [-0.05, 0) is 31.4 Å². The van der Waals surface area contributed by atoms with Crippen LogP contribution < -0.4 is 5.32 Å². The van der Waals surface area contributed by atoms with Crippen molar-refractivity contribution < 1.29 is 9.47 Å². The highest BCUT2D eigenvalue weighted by molar-refractivity contribution is 5.43. The summed E-state index contributed by atoms with van der Waals surface area (Å²) in [6, 6.07) is 8.50. The van der Waals surface area contributed by atoms with Gasteiger partial charge < -0.3 is 14.8 Å². The van der Waals surface area contributed by atoms with E-state index in [-0.39, 0.29) is 18.4 Å². The van der Waals surface area contributed by atoms with E-state index in [9.17, 15) is 0 Å². The summed E-state index contributed by atoms with van der Waals surface area (Å²) in [5.74, 6) is 0. The molecule has 1 N–H and O–H groups in total. The van der Waals surface area contributed by atoms with E-state index in [1.807, 2.05) is 6.08 Å². The van der Waals surface area contributed by atoms with Gasteiger partial charge in [0.25, 0.3) is 0 Å². The molecule has 1 aromatic rings. The molecular weight excluding hydrogens is 262 g/mol. The van der Waals surface area contributed by atoms with Crippen LogP contribution in [0.2, 0.25) is 0 Å². The molecule has 0 bridgehead atoms.